The summed E-state index contributed by atoms with van der Waals surface area (Å²) < 4.78 is 22.1. The molecule has 0 unspecified atom stereocenters. The minimum atomic E-state index is -0.889. The van der Waals surface area contributed by atoms with Gasteiger partial charge in [0.2, 0.25) is 6.79 Å². The molecular weight excluding hydrogens is 486 g/mol. The van der Waals surface area contributed by atoms with Crippen LogP contribution in [0.3, 0.4) is 0 Å². The van der Waals surface area contributed by atoms with Crippen molar-refractivity contribution in [2.45, 2.75) is 20.1 Å². The number of nitrogens with one attached hydrogen (secondary N) is 2. The van der Waals surface area contributed by atoms with Crippen molar-refractivity contribution in [2.75, 3.05) is 13.4 Å². The average molecular weight is 510 g/mol. The van der Waals surface area contributed by atoms with Gasteiger partial charge >= 0.3 is 11.8 Å². The largest absolute Gasteiger partial charge is 0.490 e. The van der Waals surface area contributed by atoms with Gasteiger partial charge in [0.05, 0.1) is 12.8 Å². The van der Waals surface area contributed by atoms with E-state index in [1.807, 2.05) is 19.1 Å². The standard InChI is InChI=1S/C26H24ClN3O6/c1-2-33-23-12-19(6-9-21(23)34-15-17-3-7-20(27)8-4-17)14-29-30-26(32)25(31)28-13-18-5-10-22-24(11-18)36-16-35-22/h3-12,14H,2,13,15-16H2,1H3,(H,28,31)(H,30,32)/b29-14-. The van der Waals surface area contributed by atoms with Crippen LogP contribution in [0.1, 0.15) is 23.6 Å². The van der Waals surface area contributed by atoms with Crippen LogP contribution in [0.25, 0.3) is 0 Å². The van der Waals surface area contributed by atoms with E-state index in [2.05, 4.69) is 15.8 Å². The van der Waals surface area contributed by atoms with Gasteiger partial charge in [0, 0.05) is 11.6 Å². The molecule has 3 aromatic carbocycles. The first-order valence-electron chi connectivity index (χ1n) is 11.2. The van der Waals surface area contributed by atoms with Crippen LogP contribution < -0.4 is 29.7 Å². The molecule has 9 nitrogen and oxygen atoms in total. The van der Waals surface area contributed by atoms with Crippen molar-refractivity contribution < 1.29 is 28.5 Å². The van der Waals surface area contributed by atoms with Gasteiger partial charge in [0.25, 0.3) is 0 Å². The molecule has 1 heterocycles. The first-order valence-corrected chi connectivity index (χ1v) is 11.5. The van der Waals surface area contributed by atoms with Crippen LogP contribution in [0, 0.1) is 0 Å². The Labute approximate surface area is 213 Å². The van der Waals surface area contributed by atoms with Crippen LogP contribution in [-0.4, -0.2) is 31.4 Å². The Kier molecular flexibility index (Phi) is 8.25. The van der Waals surface area contributed by atoms with E-state index in [4.69, 9.17) is 30.5 Å². The highest BCUT2D eigenvalue weighted by Gasteiger charge is 2.15. The number of amides is 2. The van der Waals surface area contributed by atoms with Gasteiger partial charge in [-0.3, -0.25) is 9.59 Å². The number of carbonyl (C=O) groups is 2. The van der Waals surface area contributed by atoms with Gasteiger partial charge in [-0.15, -0.1) is 0 Å². The lowest BCUT2D eigenvalue weighted by Crippen LogP contribution is -2.37. The maximum Gasteiger partial charge on any atom is 0.329 e. The summed E-state index contributed by atoms with van der Waals surface area (Å²) in [5, 5.41) is 7.06. The van der Waals surface area contributed by atoms with Crippen LogP contribution in [-0.2, 0) is 22.7 Å². The summed E-state index contributed by atoms with van der Waals surface area (Å²) in [4.78, 5) is 24.2. The van der Waals surface area contributed by atoms with Gasteiger partial charge in [0.1, 0.15) is 6.61 Å². The predicted octanol–water partition coefficient (Wildman–Crippen LogP) is 3.81. The molecule has 4 rings (SSSR count). The molecule has 0 bridgehead atoms. The molecular formula is C26H24ClN3O6. The van der Waals surface area contributed by atoms with E-state index < -0.39 is 11.8 Å². The molecule has 0 saturated heterocycles. The monoisotopic (exact) mass is 509 g/mol. The lowest BCUT2D eigenvalue weighted by molar-refractivity contribution is -0.139. The second kappa shape index (κ2) is 11.9. The molecule has 0 radical (unpaired) electrons. The number of hydrazone groups is 1. The summed E-state index contributed by atoms with van der Waals surface area (Å²) in [6.45, 7) is 2.98. The molecule has 10 heteroatoms. The van der Waals surface area contributed by atoms with E-state index in [0.29, 0.717) is 46.8 Å². The fraction of sp³-hybridized carbons (Fsp3) is 0.192. The average Bonchev–Trinajstić information content (AvgIpc) is 3.36. The zero-order valence-electron chi connectivity index (χ0n) is 19.5. The number of rotatable bonds is 9. The zero-order valence-corrected chi connectivity index (χ0v) is 20.2. The minimum absolute atomic E-state index is 0.155. The van der Waals surface area contributed by atoms with E-state index in [1.54, 1.807) is 48.5 Å². The summed E-state index contributed by atoms with van der Waals surface area (Å²) >= 11 is 5.92. The first kappa shape index (κ1) is 24.9. The molecule has 1 aliphatic heterocycles. The van der Waals surface area contributed by atoms with Crippen molar-refractivity contribution in [3.63, 3.8) is 0 Å². The molecule has 0 saturated carbocycles. The second-order valence-corrected chi connectivity index (χ2v) is 8.06. The van der Waals surface area contributed by atoms with Crippen molar-refractivity contribution in [1.29, 1.82) is 0 Å². The highest BCUT2D eigenvalue weighted by atomic mass is 35.5. The number of fused-ring (bicyclic) bond motifs is 1. The van der Waals surface area contributed by atoms with Crippen molar-refractivity contribution >= 4 is 29.6 Å². The quantitative estimate of drug-likeness (QED) is 0.258. The Morgan fingerprint density at radius 2 is 1.72 bits per heavy atom. The van der Waals surface area contributed by atoms with Crippen molar-refractivity contribution in [3.8, 4) is 23.0 Å². The maximum atomic E-state index is 12.1. The number of carbonyl (C=O) groups excluding carboxylic acids is 2. The van der Waals surface area contributed by atoms with Gasteiger partial charge < -0.3 is 24.3 Å². The van der Waals surface area contributed by atoms with E-state index in [-0.39, 0.29) is 13.3 Å². The lowest BCUT2D eigenvalue weighted by Gasteiger charge is -2.12. The number of halogens is 1. The number of hydrogen-bond donors (Lipinski definition) is 2. The third-order valence-electron chi connectivity index (χ3n) is 5.05. The zero-order chi connectivity index (χ0) is 25.3. The third-order valence-corrected chi connectivity index (χ3v) is 5.30. The Morgan fingerprint density at radius 3 is 2.53 bits per heavy atom. The lowest BCUT2D eigenvalue weighted by atomic mass is 10.2. The van der Waals surface area contributed by atoms with Gasteiger partial charge in [-0.25, -0.2) is 5.43 Å². The maximum absolute atomic E-state index is 12.1. The number of benzene rings is 3. The molecule has 0 atom stereocenters. The Bertz CT molecular complexity index is 1260. The molecule has 186 valence electrons. The Balaban J connectivity index is 1.29. The van der Waals surface area contributed by atoms with Crippen LogP contribution in [0.15, 0.2) is 65.8 Å². The SMILES string of the molecule is CCOc1cc(/C=N\NC(=O)C(=O)NCc2ccc3c(c2)OCO3)ccc1OCc1ccc(Cl)cc1. The summed E-state index contributed by atoms with van der Waals surface area (Å²) in [7, 11) is 0. The van der Waals surface area contributed by atoms with E-state index in [0.717, 1.165) is 11.1 Å². The van der Waals surface area contributed by atoms with Crippen LogP contribution >= 0.6 is 11.6 Å². The van der Waals surface area contributed by atoms with Crippen LogP contribution in [0.4, 0.5) is 0 Å². The summed E-state index contributed by atoms with van der Waals surface area (Å²) in [6, 6.07) is 17.9. The topological polar surface area (TPSA) is 107 Å². The van der Waals surface area contributed by atoms with E-state index in [1.165, 1.54) is 6.21 Å². The fourth-order valence-electron chi connectivity index (χ4n) is 3.26. The molecule has 1 aliphatic rings. The van der Waals surface area contributed by atoms with Crippen molar-refractivity contribution in [3.05, 3.63) is 82.4 Å². The number of hydrogen-bond acceptors (Lipinski definition) is 7. The van der Waals surface area contributed by atoms with Crippen LogP contribution in [0.2, 0.25) is 5.02 Å². The molecule has 0 aromatic heterocycles. The normalized spacial score (nSPS) is 11.8. The van der Waals surface area contributed by atoms with E-state index >= 15 is 0 Å². The van der Waals surface area contributed by atoms with Crippen molar-refractivity contribution in [1.82, 2.24) is 10.7 Å². The molecule has 36 heavy (non-hydrogen) atoms. The molecule has 3 aromatic rings. The Hall–Kier alpha value is -4.24. The first-order chi connectivity index (χ1) is 17.5. The molecule has 0 fully saturated rings. The van der Waals surface area contributed by atoms with Crippen molar-refractivity contribution in [2.24, 2.45) is 5.10 Å². The number of ether oxygens (including phenoxy) is 4. The van der Waals surface area contributed by atoms with Gasteiger partial charge in [-0.2, -0.15) is 5.10 Å². The van der Waals surface area contributed by atoms with Gasteiger partial charge in [0.15, 0.2) is 23.0 Å². The predicted molar refractivity (Wildman–Crippen MR) is 134 cm³/mol. The number of nitrogens with zero attached hydrogens (tertiary/aromatic N) is 1. The minimum Gasteiger partial charge on any atom is -0.490 e. The molecule has 2 N–H and O–H groups in total. The summed E-state index contributed by atoms with van der Waals surface area (Å²) in [6.07, 6.45) is 1.41. The fourth-order valence-corrected chi connectivity index (χ4v) is 3.39. The summed E-state index contributed by atoms with van der Waals surface area (Å²) in [5.41, 5.74) is 4.60. The molecule has 0 spiro atoms. The molecule has 2 amide bonds. The van der Waals surface area contributed by atoms with Gasteiger partial charge in [-0.1, -0.05) is 29.8 Å². The smallest absolute Gasteiger partial charge is 0.329 e. The highest BCUT2D eigenvalue weighted by molar-refractivity contribution is 6.35. The molecule has 0 aliphatic carbocycles. The second-order valence-electron chi connectivity index (χ2n) is 7.62. The van der Waals surface area contributed by atoms with Crippen LogP contribution in [0.5, 0.6) is 23.0 Å². The van der Waals surface area contributed by atoms with Gasteiger partial charge in [-0.05, 0) is 66.1 Å². The summed E-state index contributed by atoms with van der Waals surface area (Å²) in [5.74, 6) is 0.638. The van der Waals surface area contributed by atoms with E-state index in [9.17, 15) is 9.59 Å². The highest BCUT2D eigenvalue weighted by Crippen LogP contribution is 2.32. The Morgan fingerprint density at radius 1 is 0.944 bits per heavy atom. The third kappa shape index (κ3) is 6.67.